The molecule has 3 heteroatoms. The first-order valence-electron chi connectivity index (χ1n) is 7.12. The summed E-state index contributed by atoms with van der Waals surface area (Å²) in [4.78, 5) is 4.56. The minimum absolute atomic E-state index is 0.0563. The van der Waals surface area contributed by atoms with E-state index in [0.717, 1.165) is 33.6 Å². The first-order valence-corrected chi connectivity index (χ1v) is 7.50. The van der Waals surface area contributed by atoms with Crippen LogP contribution in [0, 0.1) is 0 Å². The van der Waals surface area contributed by atoms with Gasteiger partial charge in [0, 0.05) is 16.6 Å². The molecule has 0 spiro atoms. The van der Waals surface area contributed by atoms with Crippen molar-refractivity contribution >= 4 is 22.5 Å². The van der Waals surface area contributed by atoms with Gasteiger partial charge in [0.1, 0.15) is 0 Å². The highest BCUT2D eigenvalue weighted by atomic mass is 35.5. The normalized spacial score (nSPS) is 12.5. The Labute approximate surface area is 129 Å². The maximum Gasteiger partial charge on any atom is 0.0702 e. The third kappa shape index (κ3) is 2.92. The van der Waals surface area contributed by atoms with Crippen LogP contribution in [0.1, 0.15) is 24.1 Å². The van der Waals surface area contributed by atoms with Crippen LogP contribution >= 0.6 is 11.6 Å². The highest BCUT2D eigenvalue weighted by Gasteiger charge is 2.16. The standard InChI is InChI=1S/C18H17ClN2/c1-2-20-18(15-8-4-5-9-16(15)19)14-11-13-7-3-6-10-17(13)21-12-14/h3-12,18,20H,2H2,1H3. The Kier molecular flexibility index (Phi) is 4.18. The summed E-state index contributed by atoms with van der Waals surface area (Å²) in [6.45, 7) is 2.96. The molecule has 0 saturated carbocycles. The first kappa shape index (κ1) is 14.1. The summed E-state index contributed by atoms with van der Waals surface area (Å²) >= 11 is 6.36. The molecule has 0 radical (unpaired) electrons. The fourth-order valence-corrected chi connectivity index (χ4v) is 2.81. The number of rotatable bonds is 4. The topological polar surface area (TPSA) is 24.9 Å². The molecule has 0 aliphatic heterocycles. The van der Waals surface area contributed by atoms with Crippen molar-refractivity contribution in [3.63, 3.8) is 0 Å². The lowest BCUT2D eigenvalue weighted by molar-refractivity contribution is 0.630. The van der Waals surface area contributed by atoms with Gasteiger partial charge < -0.3 is 5.32 Å². The Balaban J connectivity index is 2.09. The van der Waals surface area contributed by atoms with E-state index in [4.69, 9.17) is 11.6 Å². The monoisotopic (exact) mass is 296 g/mol. The van der Waals surface area contributed by atoms with Crippen molar-refractivity contribution in [1.82, 2.24) is 10.3 Å². The van der Waals surface area contributed by atoms with Crippen molar-refractivity contribution in [3.05, 3.63) is 76.9 Å². The molecule has 0 aliphatic rings. The molecule has 1 heterocycles. The van der Waals surface area contributed by atoms with Gasteiger partial charge in [0.05, 0.1) is 11.6 Å². The van der Waals surface area contributed by atoms with Crippen molar-refractivity contribution < 1.29 is 0 Å². The molecule has 2 aromatic carbocycles. The molecule has 1 unspecified atom stereocenters. The van der Waals surface area contributed by atoms with Gasteiger partial charge in [-0.25, -0.2) is 0 Å². The number of pyridine rings is 1. The third-order valence-corrected chi connectivity index (χ3v) is 3.91. The summed E-state index contributed by atoms with van der Waals surface area (Å²) in [5.74, 6) is 0. The number of aromatic nitrogens is 1. The van der Waals surface area contributed by atoms with Gasteiger partial charge >= 0.3 is 0 Å². The maximum absolute atomic E-state index is 6.36. The van der Waals surface area contributed by atoms with Crippen LogP contribution in [0.2, 0.25) is 5.02 Å². The quantitative estimate of drug-likeness (QED) is 0.762. The fraction of sp³-hybridized carbons (Fsp3) is 0.167. The zero-order chi connectivity index (χ0) is 14.7. The van der Waals surface area contributed by atoms with E-state index < -0.39 is 0 Å². The van der Waals surface area contributed by atoms with Crippen molar-refractivity contribution in [1.29, 1.82) is 0 Å². The zero-order valence-corrected chi connectivity index (χ0v) is 12.6. The Morgan fingerprint density at radius 2 is 1.86 bits per heavy atom. The Morgan fingerprint density at radius 1 is 1.10 bits per heavy atom. The SMILES string of the molecule is CCNC(c1cnc2ccccc2c1)c1ccccc1Cl. The largest absolute Gasteiger partial charge is 0.306 e. The van der Waals surface area contributed by atoms with E-state index in [1.807, 2.05) is 42.6 Å². The molecule has 0 saturated heterocycles. The van der Waals surface area contributed by atoms with Gasteiger partial charge in [-0.05, 0) is 35.9 Å². The summed E-state index contributed by atoms with van der Waals surface area (Å²) < 4.78 is 0. The van der Waals surface area contributed by atoms with Crippen LogP contribution in [-0.4, -0.2) is 11.5 Å². The van der Waals surface area contributed by atoms with Gasteiger partial charge in [-0.15, -0.1) is 0 Å². The molecule has 3 aromatic rings. The second-order valence-corrected chi connectivity index (χ2v) is 5.38. The van der Waals surface area contributed by atoms with Crippen LogP contribution in [0.4, 0.5) is 0 Å². The van der Waals surface area contributed by atoms with Crippen molar-refractivity contribution in [2.45, 2.75) is 13.0 Å². The molecule has 0 amide bonds. The Hall–Kier alpha value is -1.90. The summed E-state index contributed by atoms with van der Waals surface area (Å²) in [6.07, 6.45) is 1.93. The number of nitrogens with zero attached hydrogens (tertiary/aromatic N) is 1. The number of hydrogen-bond acceptors (Lipinski definition) is 2. The fourth-order valence-electron chi connectivity index (χ4n) is 2.57. The summed E-state index contributed by atoms with van der Waals surface area (Å²) in [7, 11) is 0. The smallest absolute Gasteiger partial charge is 0.0702 e. The van der Waals surface area contributed by atoms with Crippen LogP contribution in [0.3, 0.4) is 0 Å². The predicted octanol–water partition coefficient (Wildman–Crippen LogP) is 4.59. The summed E-state index contributed by atoms with van der Waals surface area (Å²) in [6, 6.07) is 18.3. The van der Waals surface area contributed by atoms with Gasteiger partial charge in [-0.2, -0.15) is 0 Å². The number of fused-ring (bicyclic) bond motifs is 1. The predicted molar refractivity (Wildman–Crippen MR) is 88.7 cm³/mol. The molecule has 1 N–H and O–H groups in total. The lowest BCUT2D eigenvalue weighted by Crippen LogP contribution is -2.22. The van der Waals surface area contributed by atoms with E-state index in [2.05, 4.69) is 35.4 Å². The van der Waals surface area contributed by atoms with Crippen LogP contribution in [0.5, 0.6) is 0 Å². The lowest BCUT2D eigenvalue weighted by Gasteiger charge is -2.20. The van der Waals surface area contributed by atoms with E-state index in [-0.39, 0.29) is 6.04 Å². The van der Waals surface area contributed by atoms with E-state index in [1.165, 1.54) is 0 Å². The van der Waals surface area contributed by atoms with Crippen molar-refractivity contribution in [2.75, 3.05) is 6.54 Å². The van der Waals surface area contributed by atoms with Gasteiger partial charge in [-0.1, -0.05) is 54.9 Å². The second kappa shape index (κ2) is 6.25. The minimum Gasteiger partial charge on any atom is -0.306 e. The molecular formula is C18H17ClN2. The van der Waals surface area contributed by atoms with E-state index in [9.17, 15) is 0 Å². The molecule has 106 valence electrons. The summed E-state index contributed by atoms with van der Waals surface area (Å²) in [5, 5.41) is 5.41. The first-order chi connectivity index (χ1) is 10.3. The van der Waals surface area contributed by atoms with Gasteiger partial charge in [0.15, 0.2) is 0 Å². The number of para-hydroxylation sites is 1. The molecule has 0 aliphatic carbocycles. The highest BCUT2D eigenvalue weighted by Crippen LogP contribution is 2.29. The third-order valence-electron chi connectivity index (χ3n) is 3.57. The van der Waals surface area contributed by atoms with Crippen molar-refractivity contribution in [2.24, 2.45) is 0 Å². The van der Waals surface area contributed by atoms with Gasteiger partial charge in [0.25, 0.3) is 0 Å². The number of hydrogen-bond donors (Lipinski definition) is 1. The average molecular weight is 297 g/mol. The van der Waals surface area contributed by atoms with Crippen LogP contribution < -0.4 is 5.32 Å². The van der Waals surface area contributed by atoms with Crippen LogP contribution in [-0.2, 0) is 0 Å². The van der Waals surface area contributed by atoms with Crippen LogP contribution in [0.15, 0.2) is 60.8 Å². The van der Waals surface area contributed by atoms with Gasteiger partial charge in [-0.3, -0.25) is 4.98 Å². The summed E-state index contributed by atoms with van der Waals surface area (Å²) in [5.41, 5.74) is 3.22. The highest BCUT2D eigenvalue weighted by molar-refractivity contribution is 6.31. The zero-order valence-electron chi connectivity index (χ0n) is 11.9. The minimum atomic E-state index is 0.0563. The molecular weight excluding hydrogens is 280 g/mol. The average Bonchev–Trinajstić information content (AvgIpc) is 2.53. The molecule has 1 aromatic heterocycles. The maximum atomic E-state index is 6.36. The number of halogens is 1. The van der Waals surface area contributed by atoms with E-state index >= 15 is 0 Å². The molecule has 2 nitrogen and oxygen atoms in total. The van der Waals surface area contributed by atoms with E-state index in [1.54, 1.807) is 0 Å². The molecule has 0 fully saturated rings. The van der Waals surface area contributed by atoms with E-state index in [0.29, 0.717) is 0 Å². The molecule has 0 bridgehead atoms. The second-order valence-electron chi connectivity index (χ2n) is 4.97. The van der Waals surface area contributed by atoms with Crippen molar-refractivity contribution in [3.8, 4) is 0 Å². The van der Waals surface area contributed by atoms with Gasteiger partial charge in [0.2, 0.25) is 0 Å². The Bertz CT molecular complexity index is 755. The molecule has 1 atom stereocenters. The van der Waals surface area contributed by atoms with Crippen LogP contribution in [0.25, 0.3) is 10.9 Å². The number of nitrogens with one attached hydrogen (secondary N) is 1. The Morgan fingerprint density at radius 3 is 2.67 bits per heavy atom. The number of benzene rings is 2. The molecule has 21 heavy (non-hydrogen) atoms. The molecule has 3 rings (SSSR count). The lowest BCUT2D eigenvalue weighted by atomic mass is 9.98.